The fourth-order valence-corrected chi connectivity index (χ4v) is 4.62. The molecule has 0 spiro atoms. The molecule has 0 aliphatic heterocycles. The molecule has 1 aromatic carbocycles. The molecule has 1 fully saturated rings. The highest BCUT2D eigenvalue weighted by molar-refractivity contribution is 7.22. The number of aryl methyl sites for hydroxylation is 1. The summed E-state index contributed by atoms with van der Waals surface area (Å²) in [4.78, 5) is 23.1. The van der Waals surface area contributed by atoms with Gasteiger partial charge in [-0.05, 0) is 25.3 Å². The molecular formula is C19H21ClF2N4OS. The molecule has 2 aromatic heterocycles. The van der Waals surface area contributed by atoms with Gasteiger partial charge in [0.2, 0.25) is 5.91 Å². The number of nitrogens with zero attached hydrogens (tertiary/aromatic N) is 4. The quantitative estimate of drug-likeness (QED) is 0.568. The van der Waals surface area contributed by atoms with Crippen molar-refractivity contribution in [3.8, 4) is 0 Å². The second kappa shape index (κ2) is 8.96. The van der Waals surface area contributed by atoms with Gasteiger partial charge in [-0.3, -0.25) is 9.69 Å². The molecule has 1 saturated carbocycles. The highest BCUT2D eigenvalue weighted by Gasteiger charge is 2.30. The molecule has 1 amide bonds. The normalized spacial score (nSPS) is 14.4. The number of anilines is 1. The van der Waals surface area contributed by atoms with Gasteiger partial charge in [0, 0.05) is 37.5 Å². The van der Waals surface area contributed by atoms with Crippen molar-refractivity contribution in [3.05, 3.63) is 42.5 Å². The lowest BCUT2D eigenvalue weighted by Gasteiger charge is -2.23. The van der Waals surface area contributed by atoms with E-state index in [4.69, 9.17) is 0 Å². The Bertz CT molecular complexity index is 941. The number of benzene rings is 1. The molecule has 9 heteroatoms. The minimum absolute atomic E-state index is 0. The first kappa shape index (κ1) is 20.7. The Morgan fingerprint density at radius 3 is 2.79 bits per heavy atom. The smallest absolute Gasteiger partial charge is 0.231 e. The van der Waals surface area contributed by atoms with Crippen molar-refractivity contribution >= 4 is 45.0 Å². The molecule has 1 aliphatic rings. The van der Waals surface area contributed by atoms with E-state index >= 15 is 0 Å². The highest BCUT2D eigenvalue weighted by atomic mass is 35.5. The Hall–Kier alpha value is -2.06. The van der Waals surface area contributed by atoms with Gasteiger partial charge in [-0.1, -0.05) is 24.2 Å². The van der Waals surface area contributed by atoms with E-state index in [9.17, 15) is 13.6 Å². The summed E-state index contributed by atoms with van der Waals surface area (Å²) in [5.74, 6) is -1.30. The number of aromatic nitrogens is 3. The highest BCUT2D eigenvalue weighted by Crippen LogP contribution is 2.34. The van der Waals surface area contributed by atoms with Crippen molar-refractivity contribution in [3.63, 3.8) is 0 Å². The van der Waals surface area contributed by atoms with Crippen molar-refractivity contribution in [2.45, 2.75) is 38.6 Å². The molecule has 4 rings (SSSR count). The Kier molecular flexibility index (Phi) is 6.61. The first-order valence-corrected chi connectivity index (χ1v) is 9.96. The first-order valence-electron chi connectivity index (χ1n) is 9.14. The molecule has 0 atom stereocenters. The molecule has 0 radical (unpaired) electrons. The molecule has 0 bridgehead atoms. The van der Waals surface area contributed by atoms with E-state index in [-0.39, 0.29) is 29.7 Å². The molecule has 3 aromatic rings. The van der Waals surface area contributed by atoms with E-state index in [0.717, 1.165) is 56.1 Å². The number of carbonyl (C=O) groups excluding carboxylic acids is 1. The largest absolute Gasteiger partial charge is 0.337 e. The van der Waals surface area contributed by atoms with Crippen LogP contribution < -0.4 is 4.90 Å². The zero-order valence-corrected chi connectivity index (χ0v) is 16.8. The monoisotopic (exact) mass is 426 g/mol. The Morgan fingerprint density at radius 2 is 2.07 bits per heavy atom. The molecule has 28 heavy (non-hydrogen) atoms. The van der Waals surface area contributed by atoms with Crippen LogP contribution in [-0.4, -0.2) is 27.0 Å². The molecule has 0 saturated heterocycles. The fraction of sp³-hybridized carbons (Fsp3) is 0.421. The molecular weight excluding hydrogens is 406 g/mol. The molecule has 1 aliphatic carbocycles. The summed E-state index contributed by atoms with van der Waals surface area (Å²) in [5.41, 5.74) is 0.121. The van der Waals surface area contributed by atoms with Gasteiger partial charge in [0.05, 0.1) is 11.0 Å². The number of fused-ring (bicyclic) bond motifs is 1. The second-order valence-corrected chi connectivity index (χ2v) is 7.87. The number of halogens is 3. The van der Waals surface area contributed by atoms with Gasteiger partial charge in [-0.25, -0.2) is 18.7 Å². The van der Waals surface area contributed by atoms with Crippen molar-refractivity contribution in [2.24, 2.45) is 5.92 Å². The summed E-state index contributed by atoms with van der Waals surface area (Å²) >= 11 is 1.16. The third kappa shape index (κ3) is 4.33. The van der Waals surface area contributed by atoms with E-state index in [1.165, 1.54) is 6.07 Å². The minimum atomic E-state index is -0.695. The number of carbonyl (C=O) groups is 1. The number of amides is 1. The van der Waals surface area contributed by atoms with E-state index in [0.29, 0.717) is 16.4 Å². The van der Waals surface area contributed by atoms with Gasteiger partial charge in [0.1, 0.15) is 11.3 Å². The van der Waals surface area contributed by atoms with Crippen LogP contribution in [0, 0.1) is 17.6 Å². The molecule has 150 valence electrons. The SMILES string of the molecule is Cl.O=C(C1CCCC1)N(CCCn1ccnc1)c1nc2c(F)cc(F)cc2s1. The van der Waals surface area contributed by atoms with Crippen LogP contribution in [-0.2, 0) is 11.3 Å². The molecule has 0 unspecified atom stereocenters. The first-order chi connectivity index (χ1) is 13.1. The maximum atomic E-state index is 14.1. The lowest BCUT2D eigenvalue weighted by molar-refractivity contribution is -0.122. The summed E-state index contributed by atoms with van der Waals surface area (Å²) in [7, 11) is 0. The lowest BCUT2D eigenvalue weighted by Crippen LogP contribution is -2.36. The number of hydrogen-bond acceptors (Lipinski definition) is 4. The minimum Gasteiger partial charge on any atom is -0.337 e. The molecule has 5 nitrogen and oxygen atoms in total. The predicted molar refractivity (Wildman–Crippen MR) is 108 cm³/mol. The number of rotatable bonds is 6. The maximum absolute atomic E-state index is 14.1. The van der Waals surface area contributed by atoms with Crippen LogP contribution in [0.5, 0.6) is 0 Å². The van der Waals surface area contributed by atoms with E-state index < -0.39 is 11.6 Å². The van der Waals surface area contributed by atoms with Gasteiger partial charge in [0.25, 0.3) is 0 Å². The zero-order chi connectivity index (χ0) is 18.8. The second-order valence-electron chi connectivity index (χ2n) is 6.86. The molecule has 2 heterocycles. The summed E-state index contributed by atoms with van der Waals surface area (Å²) < 4.78 is 29.9. The summed E-state index contributed by atoms with van der Waals surface area (Å²) in [5, 5.41) is 0.442. The van der Waals surface area contributed by atoms with Gasteiger partial charge < -0.3 is 4.57 Å². The van der Waals surface area contributed by atoms with Crippen LogP contribution in [0.25, 0.3) is 10.2 Å². The third-order valence-corrected chi connectivity index (χ3v) is 5.99. The van der Waals surface area contributed by atoms with Crippen LogP contribution in [0.4, 0.5) is 13.9 Å². The maximum Gasteiger partial charge on any atom is 0.231 e. The summed E-state index contributed by atoms with van der Waals surface area (Å²) in [6, 6.07) is 2.09. The van der Waals surface area contributed by atoms with Gasteiger partial charge in [-0.2, -0.15) is 0 Å². The summed E-state index contributed by atoms with van der Waals surface area (Å²) in [6.45, 7) is 1.21. The van der Waals surface area contributed by atoms with Crippen molar-refractivity contribution < 1.29 is 13.6 Å². The van der Waals surface area contributed by atoms with Gasteiger partial charge in [-0.15, -0.1) is 12.4 Å². The number of imidazole rings is 1. The predicted octanol–water partition coefficient (Wildman–Crippen LogP) is 4.81. The van der Waals surface area contributed by atoms with Crippen LogP contribution in [0.1, 0.15) is 32.1 Å². The standard InChI is InChI=1S/C19H20F2N4OS.ClH/c20-14-10-15(21)17-16(11-14)27-19(23-17)25(18(26)13-4-1-2-5-13)8-3-7-24-9-6-22-12-24;/h6,9-13H,1-5,7-8H2;1H. The Labute approximate surface area is 171 Å². The van der Waals surface area contributed by atoms with Gasteiger partial charge in [0.15, 0.2) is 10.9 Å². The van der Waals surface area contributed by atoms with Crippen molar-refractivity contribution in [2.75, 3.05) is 11.4 Å². The van der Waals surface area contributed by atoms with E-state index in [1.54, 1.807) is 17.4 Å². The van der Waals surface area contributed by atoms with Crippen LogP contribution in [0.2, 0.25) is 0 Å². The Morgan fingerprint density at radius 1 is 1.29 bits per heavy atom. The van der Waals surface area contributed by atoms with Crippen LogP contribution >= 0.6 is 23.7 Å². The van der Waals surface area contributed by atoms with Gasteiger partial charge >= 0.3 is 0 Å². The van der Waals surface area contributed by atoms with Crippen LogP contribution in [0.3, 0.4) is 0 Å². The third-order valence-electron chi connectivity index (χ3n) is 4.96. The average molecular weight is 427 g/mol. The van der Waals surface area contributed by atoms with Crippen molar-refractivity contribution in [1.82, 2.24) is 14.5 Å². The zero-order valence-electron chi connectivity index (χ0n) is 15.2. The topological polar surface area (TPSA) is 51.0 Å². The average Bonchev–Trinajstić information content (AvgIpc) is 3.38. The van der Waals surface area contributed by atoms with Crippen molar-refractivity contribution in [1.29, 1.82) is 0 Å². The Balaban J connectivity index is 0.00000225. The summed E-state index contributed by atoms with van der Waals surface area (Å²) in [6.07, 6.45) is 9.92. The van der Waals surface area contributed by atoms with E-state index in [1.807, 2.05) is 10.8 Å². The molecule has 0 N–H and O–H groups in total. The number of thiazole rings is 1. The van der Waals surface area contributed by atoms with E-state index in [2.05, 4.69) is 9.97 Å². The van der Waals surface area contributed by atoms with Crippen LogP contribution in [0.15, 0.2) is 30.9 Å². The number of hydrogen-bond donors (Lipinski definition) is 0. The lowest BCUT2D eigenvalue weighted by atomic mass is 10.1. The fourth-order valence-electron chi connectivity index (χ4n) is 3.58.